The molecule has 1 amide bonds. The molecule has 0 aliphatic carbocycles. The lowest BCUT2D eigenvalue weighted by molar-refractivity contribution is -0.140. The number of aliphatic carboxylic acids is 1. The highest BCUT2D eigenvalue weighted by molar-refractivity contribution is 5.96. The number of nitrogens with zero attached hydrogens (tertiary/aromatic N) is 1. The molecular weight excluding hydrogens is 301 g/mol. The van der Waals surface area contributed by atoms with Crippen LogP contribution in [0.15, 0.2) is 24.3 Å². The van der Waals surface area contributed by atoms with Crippen LogP contribution in [0.1, 0.15) is 29.3 Å². The van der Waals surface area contributed by atoms with Crippen molar-refractivity contribution in [2.75, 3.05) is 0 Å². The van der Waals surface area contributed by atoms with Gasteiger partial charge < -0.3 is 10.4 Å². The SMILES string of the molecule is C[C@@H](CC#N)[C@H](NC(=O)c1ccc(C(F)(F)F)cc1)C(=O)O. The maximum atomic E-state index is 12.4. The zero-order valence-corrected chi connectivity index (χ0v) is 11.5. The Bertz CT molecular complexity index is 591. The number of carboxylic acids is 1. The quantitative estimate of drug-likeness (QED) is 0.873. The largest absolute Gasteiger partial charge is 0.480 e. The van der Waals surface area contributed by atoms with Crippen LogP contribution in [0, 0.1) is 17.2 Å². The Morgan fingerprint density at radius 1 is 1.32 bits per heavy atom. The number of amides is 1. The zero-order valence-electron chi connectivity index (χ0n) is 11.5. The minimum atomic E-state index is -4.51. The molecular formula is C14H13F3N2O3. The predicted octanol–water partition coefficient (Wildman–Crippen LogP) is 2.44. The maximum absolute atomic E-state index is 12.4. The van der Waals surface area contributed by atoms with E-state index in [1.165, 1.54) is 6.92 Å². The Kier molecular flexibility index (Phi) is 5.51. The average molecular weight is 314 g/mol. The lowest BCUT2D eigenvalue weighted by Crippen LogP contribution is -2.45. The summed E-state index contributed by atoms with van der Waals surface area (Å²) in [5.41, 5.74) is -1.000. The molecule has 0 spiro atoms. The molecule has 0 heterocycles. The summed E-state index contributed by atoms with van der Waals surface area (Å²) in [5.74, 6) is -2.77. The van der Waals surface area contributed by atoms with Gasteiger partial charge in [-0.05, 0) is 24.3 Å². The van der Waals surface area contributed by atoms with E-state index in [-0.39, 0.29) is 12.0 Å². The highest BCUT2D eigenvalue weighted by Crippen LogP contribution is 2.29. The van der Waals surface area contributed by atoms with Crippen LogP contribution >= 0.6 is 0 Å². The molecule has 2 N–H and O–H groups in total. The monoisotopic (exact) mass is 314 g/mol. The van der Waals surface area contributed by atoms with E-state index in [0.29, 0.717) is 0 Å². The van der Waals surface area contributed by atoms with Crippen molar-refractivity contribution >= 4 is 11.9 Å². The second-order valence-corrected chi connectivity index (χ2v) is 4.70. The summed E-state index contributed by atoms with van der Waals surface area (Å²) in [4.78, 5) is 23.0. The third-order valence-electron chi connectivity index (χ3n) is 3.01. The number of nitriles is 1. The number of rotatable bonds is 5. The van der Waals surface area contributed by atoms with Gasteiger partial charge in [0.15, 0.2) is 0 Å². The van der Waals surface area contributed by atoms with Crippen molar-refractivity contribution in [3.63, 3.8) is 0 Å². The van der Waals surface area contributed by atoms with Crippen LogP contribution in [-0.2, 0) is 11.0 Å². The minimum absolute atomic E-state index is 0.0791. The first kappa shape index (κ1) is 17.5. The summed E-state index contributed by atoms with van der Waals surface area (Å²) >= 11 is 0. The minimum Gasteiger partial charge on any atom is -0.480 e. The number of hydrogen-bond acceptors (Lipinski definition) is 3. The molecule has 0 aliphatic rings. The molecule has 8 heteroatoms. The highest BCUT2D eigenvalue weighted by Gasteiger charge is 2.31. The van der Waals surface area contributed by atoms with Crippen LogP contribution in [0.2, 0.25) is 0 Å². The molecule has 0 bridgehead atoms. The molecule has 22 heavy (non-hydrogen) atoms. The fourth-order valence-electron chi connectivity index (χ4n) is 1.74. The van der Waals surface area contributed by atoms with Crippen LogP contribution in [-0.4, -0.2) is 23.0 Å². The molecule has 0 saturated carbocycles. The third kappa shape index (κ3) is 4.48. The first-order valence-corrected chi connectivity index (χ1v) is 6.24. The van der Waals surface area contributed by atoms with Crippen molar-refractivity contribution in [1.29, 1.82) is 5.26 Å². The van der Waals surface area contributed by atoms with E-state index in [1.54, 1.807) is 6.07 Å². The van der Waals surface area contributed by atoms with Gasteiger partial charge in [0.2, 0.25) is 0 Å². The van der Waals surface area contributed by atoms with E-state index in [2.05, 4.69) is 5.32 Å². The van der Waals surface area contributed by atoms with Gasteiger partial charge in [-0.3, -0.25) is 4.79 Å². The molecule has 2 atom stereocenters. The van der Waals surface area contributed by atoms with Gasteiger partial charge in [-0.15, -0.1) is 0 Å². The number of hydrogen-bond donors (Lipinski definition) is 2. The molecule has 0 saturated heterocycles. The van der Waals surface area contributed by atoms with Gasteiger partial charge in [0.1, 0.15) is 6.04 Å². The second-order valence-electron chi connectivity index (χ2n) is 4.70. The summed E-state index contributed by atoms with van der Waals surface area (Å²) < 4.78 is 37.3. The number of halogens is 3. The molecule has 5 nitrogen and oxygen atoms in total. The predicted molar refractivity (Wildman–Crippen MR) is 69.7 cm³/mol. The standard InChI is InChI=1S/C14H13F3N2O3/c1-8(6-7-18)11(13(21)22)19-12(20)9-2-4-10(5-3-9)14(15,16)17/h2-5,8,11H,6H2,1H3,(H,19,20)(H,21,22)/t8-,11-/m0/s1. The first-order chi connectivity index (χ1) is 10.2. The summed E-state index contributed by atoms with van der Waals surface area (Å²) in [5, 5.41) is 19.8. The molecule has 1 rings (SSSR count). The Morgan fingerprint density at radius 2 is 1.86 bits per heavy atom. The van der Waals surface area contributed by atoms with Crippen molar-refractivity contribution in [3.8, 4) is 6.07 Å². The Morgan fingerprint density at radius 3 is 2.27 bits per heavy atom. The van der Waals surface area contributed by atoms with E-state index in [0.717, 1.165) is 24.3 Å². The summed E-state index contributed by atoms with van der Waals surface area (Å²) in [6, 6.07) is 3.91. The van der Waals surface area contributed by atoms with Crippen LogP contribution in [0.25, 0.3) is 0 Å². The number of nitrogens with one attached hydrogen (secondary N) is 1. The fraction of sp³-hybridized carbons (Fsp3) is 0.357. The molecule has 0 unspecified atom stereocenters. The smallest absolute Gasteiger partial charge is 0.416 e. The van der Waals surface area contributed by atoms with Crippen molar-refractivity contribution in [2.24, 2.45) is 5.92 Å². The van der Waals surface area contributed by atoms with E-state index >= 15 is 0 Å². The van der Waals surface area contributed by atoms with Crippen LogP contribution in [0.3, 0.4) is 0 Å². The van der Waals surface area contributed by atoms with E-state index in [4.69, 9.17) is 10.4 Å². The molecule has 1 aromatic carbocycles. The molecule has 1 aromatic rings. The van der Waals surface area contributed by atoms with E-state index < -0.39 is 35.6 Å². The number of benzene rings is 1. The lowest BCUT2D eigenvalue weighted by atomic mass is 9.98. The van der Waals surface area contributed by atoms with E-state index in [9.17, 15) is 22.8 Å². The summed E-state index contributed by atoms with van der Waals surface area (Å²) in [6.45, 7) is 1.48. The Hall–Kier alpha value is -2.56. The molecule has 0 fully saturated rings. The van der Waals surface area contributed by atoms with Crippen LogP contribution in [0.5, 0.6) is 0 Å². The number of carboxylic acid groups (broad SMARTS) is 1. The van der Waals surface area contributed by atoms with Crippen LogP contribution in [0.4, 0.5) is 13.2 Å². The van der Waals surface area contributed by atoms with Gasteiger partial charge in [-0.1, -0.05) is 6.92 Å². The van der Waals surface area contributed by atoms with Crippen molar-refractivity contribution in [2.45, 2.75) is 25.6 Å². The number of alkyl halides is 3. The average Bonchev–Trinajstić information content (AvgIpc) is 2.43. The summed E-state index contributed by atoms with van der Waals surface area (Å²) in [6.07, 6.45) is -4.59. The number of carbonyl (C=O) groups excluding carboxylic acids is 1. The van der Waals surface area contributed by atoms with Crippen molar-refractivity contribution in [1.82, 2.24) is 5.32 Å². The maximum Gasteiger partial charge on any atom is 0.416 e. The summed E-state index contributed by atoms with van der Waals surface area (Å²) in [7, 11) is 0. The molecule has 118 valence electrons. The normalized spacial score (nSPS) is 13.8. The van der Waals surface area contributed by atoms with E-state index in [1.807, 2.05) is 0 Å². The van der Waals surface area contributed by atoms with Gasteiger partial charge in [-0.2, -0.15) is 18.4 Å². The van der Waals surface area contributed by atoms with Gasteiger partial charge in [-0.25, -0.2) is 4.79 Å². The van der Waals surface area contributed by atoms with Crippen LogP contribution < -0.4 is 5.32 Å². The van der Waals surface area contributed by atoms with Gasteiger partial charge in [0.25, 0.3) is 5.91 Å². The zero-order chi connectivity index (χ0) is 16.9. The first-order valence-electron chi connectivity index (χ1n) is 6.24. The highest BCUT2D eigenvalue weighted by atomic mass is 19.4. The Balaban J connectivity index is 2.87. The lowest BCUT2D eigenvalue weighted by Gasteiger charge is -2.19. The topological polar surface area (TPSA) is 90.2 Å². The molecule has 0 aliphatic heterocycles. The third-order valence-corrected chi connectivity index (χ3v) is 3.01. The van der Waals surface area contributed by atoms with Crippen molar-refractivity contribution < 1.29 is 27.9 Å². The second kappa shape index (κ2) is 6.93. The molecule has 0 radical (unpaired) electrons. The molecule has 0 aromatic heterocycles. The van der Waals surface area contributed by atoms with Gasteiger partial charge in [0.05, 0.1) is 11.6 Å². The van der Waals surface area contributed by atoms with Crippen molar-refractivity contribution in [3.05, 3.63) is 35.4 Å². The van der Waals surface area contributed by atoms with Gasteiger partial charge in [0, 0.05) is 17.9 Å². The number of carbonyl (C=O) groups is 2. The fourth-order valence-corrected chi connectivity index (χ4v) is 1.74. The van der Waals surface area contributed by atoms with Gasteiger partial charge >= 0.3 is 12.1 Å². The Labute approximate surface area is 124 Å².